The number of amides is 11. The predicted octanol–water partition coefficient (Wildman–Crippen LogP) is 3.73. The molecule has 0 bridgehead atoms. The zero-order chi connectivity index (χ0) is 69.7. The van der Waals surface area contributed by atoms with E-state index in [1.807, 2.05) is 55.4 Å². The molecule has 25 nitrogen and oxygen atoms in total. The maximum atomic E-state index is 15.3. The summed E-state index contributed by atoms with van der Waals surface area (Å²) < 4.78 is 0. The third kappa shape index (κ3) is 24.0. The van der Waals surface area contributed by atoms with Crippen molar-refractivity contribution in [2.45, 2.75) is 248 Å². The Bertz CT molecular complexity index is 2440. The zero-order valence-electron chi connectivity index (χ0n) is 58.8. The highest BCUT2D eigenvalue weighted by atomic mass is 16.4. The van der Waals surface area contributed by atoms with Crippen molar-refractivity contribution in [2.75, 3.05) is 55.9 Å². The fraction of sp³-hybridized carbons (Fsp3) is 0.815. The number of hydrogen-bond acceptors (Lipinski definition) is 13. The van der Waals surface area contributed by atoms with Crippen LogP contribution in [0, 0.1) is 41.4 Å². The van der Waals surface area contributed by atoms with Crippen molar-refractivity contribution >= 4 is 70.9 Å². The molecule has 0 radical (unpaired) electrons. The lowest BCUT2D eigenvalue weighted by molar-refractivity contribution is -0.157. The first kappa shape index (κ1) is 81.6. The van der Waals surface area contributed by atoms with Gasteiger partial charge in [-0.15, -0.1) is 0 Å². The third-order valence-electron chi connectivity index (χ3n) is 17.2. The van der Waals surface area contributed by atoms with Crippen LogP contribution in [0.25, 0.3) is 0 Å². The summed E-state index contributed by atoms with van der Waals surface area (Å²) in [4.78, 5) is 181. The number of hydrogen-bond donors (Lipinski definition) is 6. The van der Waals surface area contributed by atoms with E-state index in [-0.39, 0.29) is 62.2 Å². The van der Waals surface area contributed by atoms with Crippen molar-refractivity contribution in [3.63, 3.8) is 0 Å². The van der Waals surface area contributed by atoms with Gasteiger partial charge in [-0.05, 0) is 107 Å². The highest BCUT2D eigenvalue weighted by Gasteiger charge is 2.46. The topological polar surface area (TPSA) is 316 Å². The number of rotatable bonds is 20. The summed E-state index contributed by atoms with van der Waals surface area (Å²) in [6, 6.07) is -12.6. The number of nitrogens with zero attached hydrogens (tertiary/aromatic N) is 7. The van der Waals surface area contributed by atoms with Gasteiger partial charge in [-0.3, -0.25) is 57.5 Å². The van der Waals surface area contributed by atoms with Crippen molar-refractivity contribution in [1.29, 1.82) is 0 Å². The molecule has 0 aliphatic carbocycles. The summed E-state index contributed by atoms with van der Waals surface area (Å²) in [5.41, 5.74) is 0. The second kappa shape index (κ2) is 37.8. The molecular formula is C65H117N11O14. The maximum Gasteiger partial charge on any atom is 0.303 e. The summed E-state index contributed by atoms with van der Waals surface area (Å²) in [6.07, 6.45) is 1.06. The number of carboxylic acids is 1. The van der Waals surface area contributed by atoms with Crippen LogP contribution in [0.15, 0.2) is 0 Å². The Morgan fingerprint density at radius 2 is 0.933 bits per heavy atom. The van der Waals surface area contributed by atoms with E-state index in [1.165, 1.54) is 87.7 Å². The average molecular weight is 1280 g/mol. The maximum absolute atomic E-state index is 15.3. The number of carbonyl (C=O) groups is 12. The van der Waals surface area contributed by atoms with Crippen LogP contribution in [0.4, 0.5) is 0 Å². The fourth-order valence-corrected chi connectivity index (χ4v) is 11.4. The van der Waals surface area contributed by atoms with Gasteiger partial charge in [0.1, 0.15) is 60.4 Å². The molecule has 11 amide bonds. The number of carboxylic acid groups (broad SMARTS) is 1. The second-order valence-electron chi connectivity index (χ2n) is 27.6. The van der Waals surface area contributed by atoms with Gasteiger partial charge in [0.15, 0.2) is 0 Å². The Labute approximate surface area is 537 Å². The lowest BCUT2D eigenvalue weighted by atomic mass is 9.90. The summed E-state index contributed by atoms with van der Waals surface area (Å²) in [7, 11) is 9.82. The Hall–Kier alpha value is -6.40. The van der Waals surface area contributed by atoms with E-state index in [0.717, 1.165) is 9.80 Å². The van der Waals surface area contributed by atoms with E-state index in [0.29, 0.717) is 32.1 Å². The fourth-order valence-electron chi connectivity index (χ4n) is 11.4. The minimum absolute atomic E-state index is 0.0128. The number of nitrogens with one attached hydrogen (secondary N) is 4. The Morgan fingerprint density at radius 3 is 1.41 bits per heavy atom. The van der Waals surface area contributed by atoms with Gasteiger partial charge in [0.05, 0.1) is 12.6 Å². The number of aliphatic carboxylic acids is 1. The quantitative estimate of drug-likeness (QED) is 0.0947. The molecule has 6 N–H and O–H groups in total. The molecule has 1 aliphatic heterocycles. The largest absolute Gasteiger partial charge is 0.481 e. The van der Waals surface area contributed by atoms with Gasteiger partial charge in [0, 0.05) is 55.8 Å². The van der Waals surface area contributed by atoms with Crippen molar-refractivity contribution in [3.8, 4) is 0 Å². The molecule has 516 valence electrons. The summed E-state index contributed by atoms with van der Waals surface area (Å²) in [5.74, 6) is -10.9. The SMILES string of the molecule is CC[C@@H]1NC(=O)[C@H]([C@H](O)[C@H](C)CCCCCC(=O)O)N(C)C(=O)[C@H](C(C)C)N(C)C(=O)[C@H](CC(C)C)N(C)C(=O)[C@H](CC(C)C)N(C)C(=O)[C@@H](C)NC(=O)[C@H](C)NC(=O)[C@H](CC(C)C)N(C)C(=O)[C@H](C(C)C)NC(=O)[C@H](CCC(C)C)N(C)C(=O)CN(C)C1=O. The zero-order valence-corrected chi connectivity index (χ0v) is 58.8. The van der Waals surface area contributed by atoms with Crippen LogP contribution in [0.1, 0.15) is 181 Å². The predicted molar refractivity (Wildman–Crippen MR) is 344 cm³/mol. The highest BCUT2D eigenvalue weighted by molar-refractivity contribution is 5.99. The summed E-state index contributed by atoms with van der Waals surface area (Å²) in [6.45, 7) is 27.5. The minimum atomic E-state index is -1.68. The van der Waals surface area contributed by atoms with Crippen LogP contribution >= 0.6 is 0 Å². The summed E-state index contributed by atoms with van der Waals surface area (Å²) in [5, 5.41) is 32.5. The number of unbranched alkanes of at least 4 members (excludes halogenated alkanes) is 2. The van der Waals surface area contributed by atoms with Crippen LogP contribution in [-0.4, -0.2) is 238 Å². The second-order valence-corrected chi connectivity index (χ2v) is 27.6. The molecular weight excluding hydrogens is 1160 g/mol. The van der Waals surface area contributed by atoms with Crippen molar-refractivity contribution in [1.82, 2.24) is 55.6 Å². The van der Waals surface area contributed by atoms with Crippen molar-refractivity contribution in [2.24, 2.45) is 41.4 Å². The first-order valence-corrected chi connectivity index (χ1v) is 32.5. The average Bonchev–Trinajstić information content (AvgIpc) is 0.986. The van der Waals surface area contributed by atoms with E-state index < -0.39 is 162 Å². The minimum Gasteiger partial charge on any atom is -0.481 e. The number of carbonyl (C=O) groups excluding carboxylic acids is 11. The number of aliphatic hydroxyl groups is 1. The van der Waals surface area contributed by atoms with Gasteiger partial charge in [-0.1, -0.05) is 110 Å². The molecule has 0 spiro atoms. The smallest absolute Gasteiger partial charge is 0.303 e. The van der Waals surface area contributed by atoms with Crippen LogP contribution in [0.5, 0.6) is 0 Å². The third-order valence-corrected chi connectivity index (χ3v) is 17.2. The highest BCUT2D eigenvalue weighted by Crippen LogP contribution is 2.26. The van der Waals surface area contributed by atoms with Crippen molar-refractivity contribution < 1.29 is 67.7 Å². The molecule has 0 aromatic carbocycles. The Balaban J connectivity index is 4.35. The first-order valence-electron chi connectivity index (χ1n) is 32.5. The van der Waals surface area contributed by atoms with E-state index in [1.54, 1.807) is 41.5 Å². The van der Waals surface area contributed by atoms with Gasteiger partial charge >= 0.3 is 5.97 Å². The van der Waals surface area contributed by atoms with Gasteiger partial charge in [-0.2, -0.15) is 0 Å². The van der Waals surface area contributed by atoms with Crippen LogP contribution < -0.4 is 21.3 Å². The van der Waals surface area contributed by atoms with Crippen LogP contribution in [-0.2, 0) is 57.5 Å². The van der Waals surface area contributed by atoms with Gasteiger partial charge in [0.2, 0.25) is 65.0 Å². The molecule has 1 saturated heterocycles. The molecule has 0 unspecified atom stereocenters. The molecule has 0 saturated carbocycles. The van der Waals surface area contributed by atoms with E-state index >= 15 is 14.4 Å². The van der Waals surface area contributed by atoms with E-state index in [2.05, 4.69) is 21.3 Å². The molecule has 12 atom stereocenters. The molecule has 90 heavy (non-hydrogen) atoms. The van der Waals surface area contributed by atoms with E-state index in [4.69, 9.17) is 0 Å². The molecule has 1 fully saturated rings. The van der Waals surface area contributed by atoms with Crippen LogP contribution in [0.3, 0.4) is 0 Å². The lowest BCUT2D eigenvalue weighted by Crippen LogP contribution is -2.63. The normalized spacial score (nSPS) is 25.9. The van der Waals surface area contributed by atoms with Crippen molar-refractivity contribution in [3.05, 3.63) is 0 Å². The standard InChI is InChI=1S/C65H117N11O14/c1-24-45-61(86)70(17)35-50(77)71(18)46(31-30-36(2)3)57(82)69-52(40(10)11)64(89)72(19)47(32-37(4)5)58(83)66-43(15)56(81)67-44(16)60(85)73(20)48(33-38(6)7)62(87)74(21)49(34-39(8)9)63(88)75(22)53(41(12)13)65(90)76(23)54(59(84)68-45)55(80)42(14)28-26-25-27-29-51(78)79/h36-49,52-55,80H,24-35H2,1-23H3,(H,66,83)(H,67,81)(H,68,84)(H,69,82)(H,78,79)/t42-,43+,44-,45+,46+,47+,48+,49+,52+,53+,54+,55-/m1/s1. The van der Waals surface area contributed by atoms with Gasteiger partial charge in [-0.25, -0.2) is 0 Å². The molecule has 1 aliphatic rings. The Morgan fingerprint density at radius 1 is 0.467 bits per heavy atom. The molecule has 0 aromatic rings. The molecule has 1 heterocycles. The monoisotopic (exact) mass is 1280 g/mol. The Kier molecular flexibility index (Phi) is 34.3. The summed E-state index contributed by atoms with van der Waals surface area (Å²) >= 11 is 0. The molecule has 1 rings (SSSR count). The van der Waals surface area contributed by atoms with E-state index in [9.17, 15) is 53.4 Å². The lowest BCUT2D eigenvalue weighted by Gasteiger charge is -2.41. The molecule has 0 aromatic heterocycles. The first-order chi connectivity index (χ1) is 41.6. The number of aliphatic hydroxyl groups excluding tert-OH is 1. The van der Waals surface area contributed by atoms with Crippen LogP contribution in [0.2, 0.25) is 0 Å². The van der Waals surface area contributed by atoms with Gasteiger partial charge in [0.25, 0.3) is 0 Å². The molecule has 25 heteroatoms. The number of likely N-dealkylation sites (N-methyl/N-ethyl adjacent to an activating group) is 7. The van der Waals surface area contributed by atoms with Gasteiger partial charge < -0.3 is 65.8 Å².